The van der Waals surface area contributed by atoms with Gasteiger partial charge in [-0.05, 0) is 57.8 Å². The van der Waals surface area contributed by atoms with E-state index in [0.29, 0.717) is 0 Å². The summed E-state index contributed by atoms with van der Waals surface area (Å²) in [5.74, 6) is 0. The van der Waals surface area contributed by atoms with Crippen LogP contribution in [-0.2, 0) is 11.3 Å². The number of rotatable bonds is 9. The van der Waals surface area contributed by atoms with Crippen LogP contribution in [0, 0.1) is 0 Å². The standard InChI is InChI=1S/C22H38N2O2/c1-8-12-20(23(7)21(25)26-22(4,5)6)19-14-11-13-18(16-19)17-24(10-3)15-9-2/h11,13-14,16,20H,8-10,12,15,17H2,1-7H3. The van der Waals surface area contributed by atoms with Crippen LogP contribution in [0.3, 0.4) is 0 Å². The second kappa shape index (κ2) is 10.6. The SMILES string of the molecule is CCCC(c1cccc(CN(CC)CCC)c1)N(C)C(=O)OC(C)(C)C. The Hall–Kier alpha value is -1.55. The summed E-state index contributed by atoms with van der Waals surface area (Å²) < 4.78 is 5.57. The minimum absolute atomic E-state index is 0.0380. The predicted molar refractivity (Wildman–Crippen MR) is 109 cm³/mol. The maximum absolute atomic E-state index is 12.5. The van der Waals surface area contributed by atoms with Gasteiger partial charge in [0.15, 0.2) is 0 Å². The van der Waals surface area contributed by atoms with Gasteiger partial charge in [0.25, 0.3) is 0 Å². The highest BCUT2D eigenvalue weighted by atomic mass is 16.6. The first-order chi connectivity index (χ1) is 12.2. The molecule has 1 atom stereocenters. The highest BCUT2D eigenvalue weighted by molar-refractivity contribution is 5.68. The van der Waals surface area contributed by atoms with Crippen LogP contribution in [0.4, 0.5) is 4.79 Å². The Morgan fingerprint density at radius 2 is 1.85 bits per heavy atom. The minimum atomic E-state index is -0.480. The van der Waals surface area contributed by atoms with E-state index in [-0.39, 0.29) is 12.1 Å². The van der Waals surface area contributed by atoms with Gasteiger partial charge in [-0.3, -0.25) is 4.90 Å². The Labute approximate surface area is 160 Å². The smallest absolute Gasteiger partial charge is 0.410 e. The van der Waals surface area contributed by atoms with Crippen molar-refractivity contribution in [1.29, 1.82) is 0 Å². The van der Waals surface area contributed by atoms with E-state index in [1.807, 2.05) is 27.8 Å². The van der Waals surface area contributed by atoms with E-state index in [1.165, 1.54) is 11.1 Å². The zero-order chi connectivity index (χ0) is 19.7. The second-order valence-corrected chi connectivity index (χ2v) is 8.01. The van der Waals surface area contributed by atoms with Gasteiger partial charge in [-0.2, -0.15) is 0 Å². The first-order valence-electron chi connectivity index (χ1n) is 9.98. The van der Waals surface area contributed by atoms with E-state index >= 15 is 0 Å². The molecule has 0 spiro atoms. The largest absolute Gasteiger partial charge is 0.444 e. The molecular weight excluding hydrogens is 324 g/mol. The molecule has 1 rings (SSSR count). The van der Waals surface area contributed by atoms with Gasteiger partial charge in [0.1, 0.15) is 5.60 Å². The molecule has 0 radical (unpaired) electrons. The fourth-order valence-corrected chi connectivity index (χ4v) is 3.14. The van der Waals surface area contributed by atoms with Crippen LogP contribution in [-0.4, -0.2) is 41.6 Å². The number of carbonyl (C=O) groups excluding carboxylic acids is 1. The van der Waals surface area contributed by atoms with E-state index in [9.17, 15) is 4.79 Å². The van der Waals surface area contributed by atoms with E-state index in [2.05, 4.69) is 49.9 Å². The van der Waals surface area contributed by atoms with Crippen molar-refractivity contribution in [3.05, 3.63) is 35.4 Å². The minimum Gasteiger partial charge on any atom is -0.444 e. The summed E-state index contributed by atoms with van der Waals surface area (Å²) in [5.41, 5.74) is 2.01. The Kier molecular flexibility index (Phi) is 9.14. The van der Waals surface area contributed by atoms with Crippen LogP contribution in [0.15, 0.2) is 24.3 Å². The molecule has 4 heteroatoms. The van der Waals surface area contributed by atoms with Gasteiger partial charge < -0.3 is 9.64 Å². The summed E-state index contributed by atoms with van der Waals surface area (Å²) in [5, 5.41) is 0. The Morgan fingerprint density at radius 3 is 2.38 bits per heavy atom. The Balaban J connectivity index is 2.98. The molecule has 4 nitrogen and oxygen atoms in total. The van der Waals surface area contributed by atoms with E-state index < -0.39 is 5.60 Å². The summed E-state index contributed by atoms with van der Waals surface area (Å²) in [6.07, 6.45) is 2.83. The van der Waals surface area contributed by atoms with Gasteiger partial charge in [-0.15, -0.1) is 0 Å². The first kappa shape index (κ1) is 22.5. The molecule has 0 N–H and O–H groups in total. The van der Waals surface area contributed by atoms with Gasteiger partial charge in [-0.25, -0.2) is 4.79 Å². The van der Waals surface area contributed by atoms with Gasteiger partial charge in [0, 0.05) is 13.6 Å². The van der Waals surface area contributed by atoms with Crippen LogP contribution >= 0.6 is 0 Å². The lowest BCUT2D eigenvalue weighted by atomic mass is 9.99. The van der Waals surface area contributed by atoms with Crippen molar-refractivity contribution in [1.82, 2.24) is 9.80 Å². The third kappa shape index (κ3) is 7.36. The van der Waals surface area contributed by atoms with Crippen molar-refractivity contribution < 1.29 is 9.53 Å². The highest BCUT2D eigenvalue weighted by Gasteiger charge is 2.26. The van der Waals surface area contributed by atoms with Crippen molar-refractivity contribution in [2.75, 3.05) is 20.1 Å². The number of amides is 1. The number of hydrogen-bond acceptors (Lipinski definition) is 3. The summed E-state index contributed by atoms with van der Waals surface area (Å²) in [6, 6.07) is 8.70. The molecule has 0 fully saturated rings. The molecule has 0 aliphatic rings. The highest BCUT2D eigenvalue weighted by Crippen LogP contribution is 2.27. The van der Waals surface area contributed by atoms with Crippen molar-refractivity contribution >= 4 is 6.09 Å². The molecule has 26 heavy (non-hydrogen) atoms. The molecule has 1 aromatic carbocycles. The zero-order valence-corrected chi connectivity index (χ0v) is 17.8. The van der Waals surface area contributed by atoms with Crippen LogP contribution < -0.4 is 0 Å². The van der Waals surface area contributed by atoms with E-state index in [4.69, 9.17) is 4.74 Å². The average molecular weight is 363 g/mol. The van der Waals surface area contributed by atoms with Crippen molar-refractivity contribution in [2.45, 2.75) is 79.0 Å². The first-order valence-corrected chi connectivity index (χ1v) is 9.98. The number of benzene rings is 1. The van der Waals surface area contributed by atoms with Gasteiger partial charge >= 0.3 is 6.09 Å². The molecule has 0 saturated heterocycles. The monoisotopic (exact) mass is 362 g/mol. The fourth-order valence-electron chi connectivity index (χ4n) is 3.14. The maximum atomic E-state index is 12.5. The summed E-state index contributed by atoms with van der Waals surface area (Å²) in [6.45, 7) is 15.4. The van der Waals surface area contributed by atoms with Crippen LogP contribution in [0.5, 0.6) is 0 Å². The molecule has 0 aliphatic heterocycles. The number of ether oxygens (including phenoxy) is 1. The van der Waals surface area contributed by atoms with Gasteiger partial charge in [0.2, 0.25) is 0 Å². The lowest BCUT2D eigenvalue weighted by Crippen LogP contribution is -2.36. The molecule has 0 aliphatic carbocycles. The number of hydrogen-bond donors (Lipinski definition) is 0. The van der Waals surface area contributed by atoms with Crippen LogP contribution in [0.2, 0.25) is 0 Å². The van der Waals surface area contributed by atoms with Gasteiger partial charge in [-0.1, -0.05) is 51.5 Å². The molecule has 1 unspecified atom stereocenters. The van der Waals surface area contributed by atoms with E-state index in [0.717, 1.165) is 38.9 Å². The normalized spacial score (nSPS) is 12.9. The molecule has 0 saturated carbocycles. The number of nitrogens with zero attached hydrogens (tertiary/aromatic N) is 2. The quantitative estimate of drug-likeness (QED) is 0.571. The van der Waals surface area contributed by atoms with Crippen molar-refractivity contribution in [2.24, 2.45) is 0 Å². The molecular formula is C22H38N2O2. The third-order valence-corrected chi connectivity index (χ3v) is 4.44. The Bertz CT molecular complexity index is 551. The zero-order valence-electron chi connectivity index (χ0n) is 17.8. The summed E-state index contributed by atoms with van der Waals surface area (Å²) >= 11 is 0. The molecule has 148 valence electrons. The fraction of sp³-hybridized carbons (Fsp3) is 0.682. The predicted octanol–water partition coefficient (Wildman–Crippen LogP) is 5.63. The lowest BCUT2D eigenvalue weighted by molar-refractivity contribution is 0.0211. The molecule has 0 bridgehead atoms. The summed E-state index contributed by atoms with van der Waals surface area (Å²) in [4.78, 5) is 16.7. The molecule has 0 heterocycles. The third-order valence-electron chi connectivity index (χ3n) is 4.44. The van der Waals surface area contributed by atoms with Crippen molar-refractivity contribution in [3.63, 3.8) is 0 Å². The average Bonchev–Trinajstić information content (AvgIpc) is 2.57. The molecule has 0 aromatic heterocycles. The van der Waals surface area contributed by atoms with Gasteiger partial charge in [0.05, 0.1) is 6.04 Å². The second-order valence-electron chi connectivity index (χ2n) is 8.01. The lowest BCUT2D eigenvalue weighted by Gasteiger charge is -2.31. The topological polar surface area (TPSA) is 32.8 Å². The van der Waals surface area contributed by atoms with Crippen molar-refractivity contribution in [3.8, 4) is 0 Å². The maximum Gasteiger partial charge on any atom is 0.410 e. The van der Waals surface area contributed by atoms with E-state index in [1.54, 1.807) is 4.90 Å². The number of carbonyl (C=O) groups is 1. The van der Waals surface area contributed by atoms with Crippen LogP contribution in [0.1, 0.15) is 78.0 Å². The Morgan fingerprint density at radius 1 is 1.15 bits per heavy atom. The molecule has 1 amide bonds. The van der Waals surface area contributed by atoms with Crippen LogP contribution in [0.25, 0.3) is 0 Å². The summed E-state index contributed by atoms with van der Waals surface area (Å²) in [7, 11) is 1.84. The molecule has 1 aromatic rings.